The summed E-state index contributed by atoms with van der Waals surface area (Å²) in [7, 11) is 1.43. The lowest BCUT2D eigenvalue weighted by Gasteiger charge is -2.18. The number of hydrogen-bond acceptors (Lipinski definition) is 5. The van der Waals surface area contributed by atoms with Crippen LogP contribution < -0.4 is 16.0 Å². The van der Waals surface area contributed by atoms with E-state index in [0.717, 1.165) is 24.2 Å². The van der Waals surface area contributed by atoms with Crippen molar-refractivity contribution in [1.29, 1.82) is 0 Å². The van der Waals surface area contributed by atoms with Crippen LogP contribution in [0.2, 0.25) is 0 Å². The molecule has 1 unspecified atom stereocenters. The molecule has 0 aliphatic rings. The van der Waals surface area contributed by atoms with Gasteiger partial charge in [-0.25, -0.2) is 14.5 Å². The highest BCUT2D eigenvalue weighted by atomic mass is 19.1. The number of halogens is 1. The van der Waals surface area contributed by atoms with Crippen molar-refractivity contribution < 1.29 is 9.13 Å². The molecule has 2 rings (SSSR count). The van der Waals surface area contributed by atoms with Crippen LogP contribution in [0.5, 0.6) is 5.75 Å². The molecule has 0 aliphatic carbocycles. The van der Waals surface area contributed by atoms with Gasteiger partial charge in [0.15, 0.2) is 11.6 Å². The second kappa shape index (κ2) is 6.44. The summed E-state index contributed by atoms with van der Waals surface area (Å²) in [6.07, 6.45) is 2.58. The Kier molecular flexibility index (Phi) is 4.65. The Morgan fingerprint density at radius 3 is 2.95 bits per heavy atom. The Morgan fingerprint density at radius 2 is 2.30 bits per heavy atom. The fourth-order valence-electron chi connectivity index (χ4n) is 2.08. The zero-order valence-corrected chi connectivity index (χ0v) is 11.5. The van der Waals surface area contributed by atoms with Gasteiger partial charge in [0.05, 0.1) is 25.0 Å². The quantitative estimate of drug-likeness (QED) is 0.617. The van der Waals surface area contributed by atoms with Crippen molar-refractivity contribution in [1.82, 2.24) is 20.4 Å². The minimum absolute atomic E-state index is 0.178. The number of methoxy groups -OCH3 is 1. The van der Waals surface area contributed by atoms with Crippen LogP contribution in [-0.2, 0) is 6.54 Å². The van der Waals surface area contributed by atoms with Gasteiger partial charge in [-0.1, -0.05) is 18.2 Å². The van der Waals surface area contributed by atoms with Gasteiger partial charge in [0.25, 0.3) is 0 Å². The summed E-state index contributed by atoms with van der Waals surface area (Å²) in [5.41, 5.74) is 4.32. The largest absolute Gasteiger partial charge is 0.494 e. The predicted molar refractivity (Wildman–Crippen MR) is 72.4 cm³/mol. The number of nitrogens with one attached hydrogen (secondary N) is 1. The molecule has 2 aromatic rings. The van der Waals surface area contributed by atoms with Crippen molar-refractivity contribution >= 4 is 0 Å². The first-order valence-corrected chi connectivity index (χ1v) is 6.39. The highest BCUT2D eigenvalue weighted by Gasteiger charge is 2.19. The Hall–Kier alpha value is -1.99. The fourth-order valence-corrected chi connectivity index (χ4v) is 2.08. The summed E-state index contributed by atoms with van der Waals surface area (Å²) in [5.74, 6) is 5.41. The molecule has 6 nitrogen and oxygen atoms in total. The molecule has 0 aliphatic heterocycles. The Labute approximate surface area is 116 Å². The molecule has 7 heteroatoms. The lowest BCUT2D eigenvalue weighted by molar-refractivity contribution is 0.385. The van der Waals surface area contributed by atoms with Crippen LogP contribution in [0.15, 0.2) is 24.4 Å². The third-order valence-corrected chi connectivity index (χ3v) is 3.05. The van der Waals surface area contributed by atoms with Crippen LogP contribution in [0, 0.1) is 5.82 Å². The Balaban J connectivity index is 2.39. The summed E-state index contributed by atoms with van der Waals surface area (Å²) in [6, 6.07) is 4.30. The molecule has 1 atom stereocenters. The van der Waals surface area contributed by atoms with Crippen LogP contribution >= 0.6 is 0 Å². The molecule has 20 heavy (non-hydrogen) atoms. The van der Waals surface area contributed by atoms with Crippen molar-refractivity contribution in [3.63, 3.8) is 0 Å². The van der Waals surface area contributed by atoms with Gasteiger partial charge < -0.3 is 4.74 Å². The van der Waals surface area contributed by atoms with E-state index in [1.165, 1.54) is 13.2 Å². The van der Waals surface area contributed by atoms with E-state index in [0.29, 0.717) is 0 Å². The average molecular weight is 279 g/mol. The number of aryl methyl sites for hydroxylation is 1. The van der Waals surface area contributed by atoms with Gasteiger partial charge in [-0.3, -0.25) is 5.84 Å². The molecule has 0 fully saturated rings. The minimum atomic E-state index is -0.410. The number of benzene rings is 1. The van der Waals surface area contributed by atoms with Crippen LogP contribution in [-0.4, -0.2) is 22.1 Å². The average Bonchev–Trinajstić information content (AvgIpc) is 2.90. The maximum Gasteiger partial charge on any atom is 0.165 e. The number of rotatable bonds is 6. The molecule has 0 radical (unpaired) electrons. The maximum absolute atomic E-state index is 13.5. The SMILES string of the molecule is CCCn1nncc1C(NN)c1ccc(F)c(OC)c1. The van der Waals surface area contributed by atoms with Gasteiger partial charge in [-0.05, 0) is 24.1 Å². The van der Waals surface area contributed by atoms with Crippen LogP contribution in [0.1, 0.15) is 30.6 Å². The molecule has 1 aromatic carbocycles. The van der Waals surface area contributed by atoms with Gasteiger partial charge >= 0.3 is 0 Å². The zero-order valence-electron chi connectivity index (χ0n) is 11.5. The number of aromatic nitrogens is 3. The van der Waals surface area contributed by atoms with E-state index in [4.69, 9.17) is 10.6 Å². The molecule has 0 amide bonds. The van der Waals surface area contributed by atoms with E-state index in [9.17, 15) is 4.39 Å². The molecule has 0 bridgehead atoms. The van der Waals surface area contributed by atoms with Crippen molar-refractivity contribution in [3.8, 4) is 5.75 Å². The smallest absolute Gasteiger partial charge is 0.165 e. The van der Waals surface area contributed by atoms with Crippen LogP contribution in [0.4, 0.5) is 4.39 Å². The standard InChI is InChI=1S/C13H18FN5O/c1-3-6-19-11(8-16-18-19)13(17-15)9-4-5-10(14)12(7-9)20-2/h4-5,7-8,13,17H,3,6,15H2,1-2H3. The summed E-state index contributed by atoms with van der Waals surface area (Å²) in [6.45, 7) is 2.79. The molecule has 0 saturated carbocycles. The summed E-state index contributed by atoms with van der Waals surface area (Å²) in [4.78, 5) is 0. The van der Waals surface area contributed by atoms with Crippen LogP contribution in [0.25, 0.3) is 0 Å². The van der Waals surface area contributed by atoms with Gasteiger partial charge in [-0.15, -0.1) is 5.10 Å². The van der Waals surface area contributed by atoms with E-state index in [1.54, 1.807) is 23.0 Å². The molecule has 1 heterocycles. The first-order chi connectivity index (χ1) is 9.71. The molecule has 0 spiro atoms. The highest BCUT2D eigenvalue weighted by Crippen LogP contribution is 2.26. The molecular weight excluding hydrogens is 261 g/mol. The first kappa shape index (κ1) is 14.4. The number of hydrazine groups is 1. The number of hydrogen-bond donors (Lipinski definition) is 2. The van der Waals surface area contributed by atoms with E-state index in [-0.39, 0.29) is 11.8 Å². The van der Waals surface area contributed by atoms with Crippen molar-refractivity contribution in [2.75, 3.05) is 7.11 Å². The Morgan fingerprint density at radius 1 is 1.50 bits per heavy atom. The molecule has 1 aromatic heterocycles. The highest BCUT2D eigenvalue weighted by molar-refractivity contribution is 5.35. The normalized spacial score (nSPS) is 12.4. The lowest BCUT2D eigenvalue weighted by atomic mass is 10.0. The lowest BCUT2D eigenvalue weighted by Crippen LogP contribution is -2.30. The molecule has 3 N–H and O–H groups in total. The summed E-state index contributed by atoms with van der Waals surface area (Å²) >= 11 is 0. The van der Waals surface area contributed by atoms with Crippen molar-refractivity contribution in [3.05, 3.63) is 41.5 Å². The molecule has 108 valence electrons. The second-order valence-corrected chi connectivity index (χ2v) is 4.38. The minimum Gasteiger partial charge on any atom is -0.494 e. The summed E-state index contributed by atoms with van der Waals surface area (Å²) in [5, 5.41) is 7.93. The predicted octanol–water partition coefficient (Wildman–Crippen LogP) is 1.39. The third kappa shape index (κ3) is 2.78. The van der Waals surface area contributed by atoms with Gasteiger partial charge in [-0.2, -0.15) is 0 Å². The zero-order chi connectivity index (χ0) is 14.5. The van der Waals surface area contributed by atoms with E-state index < -0.39 is 5.82 Å². The second-order valence-electron chi connectivity index (χ2n) is 4.38. The number of nitrogens with zero attached hydrogens (tertiary/aromatic N) is 3. The maximum atomic E-state index is 13.5. The fraction of sp³-hybridized carbons (Fsp3) is 0.385. The van der Waals surface area contributed by atoms with Gasteiger partial charge in [0.2, 0.25) is 0 Å². The van der Waals surface area contributed by atoms with E-state index in [1.807, 2.05) is 0 Å². The van der Waals surface area contributed by atoms with Gasteiger partial charge in [0.1, 0.15) is 0 Å². The monoisotopic (exact) mass is 279 g/mol. The summed E-state index contributed by atoms with van der Waals surface area (Å²) < 4.78 is 20.2. The first-order valence-electron chi connectivity index (χ1n) is 6.39. The topological polar surface area (TPSA) is 78.0 Å². The molecular formula is C13H18FN5O. The van der Waals surface area contributed by atoms with Crippen LogP contribution in [0.3, 0.4) is 0 Å². The Bertz CT molecular complexity index is 572. The number of ether oxygens (including phenoxy) is 1. The van der Waals surface area contributed by atoms with E-state index >= 15 is 0 Å². The van der Waals surface area contributed by atoms with Gasteiger partial charge in [0, 0.05) is 6.54 Å². The number of nitrogens with two attached hydrogens (primary N) is 1. The van der Waals surface area contributed by atoms with E-state index in [2.05, 4.69) is 22.7 Å². The van der Waals surface area contributed by atoms with Crippen molar-refractivity contribution in [2.24, 2.45) is 5.84 Å². The third-order valence-electron chi connectivity index (χ3n) is 3.05. The molecule has 0 saturated heterocycles. The van der Waals surface area contributed by atoms with Crippen molar-refractivity contribution in [2.45, 2.75) is 25.9 Å².